The summed E-state index contributed by atoms with van der Waals surface area (Å²) in [5, 5.41) is 3.32. The van der Waals surface area contributed by atoms with Crippen LogP contribution in [0.15, 0.2) is 0 Å². The molecule has 0 radical (unpaired) electrons. The second-order valence-electron chi connectivity index (χ2n) is 5.50. The van der Waals surface area contributed by atoms with Crippen molar-refractivity contribution in [3.8, 4) is 0 Å². The smallest absolute Gasteiger partial charge is 0.236 e. The molecule has 0 aromatic carbocycles. The zero-order valence-electron chi connectivity index (χ0n) is 10.4. The molecule has 4 nitrogen and oxygen atoms in total. The second-order valence-corrected chi connectivity index (χ2v) is 5.50. The molecule has 3 rings (SSSR count). The Morgan fingerprint density at radius 3 is 2.88 bits per heavy atom. The number of nitrogens with zero attached hydrogens (tertiary/aromatic N) is 1. The second kappa shape index (κ2) is 4.94. The van der Waals surface area contributed by atoms with Gasteiger partial charge in [0.25, 0.3) is 0 Å². The third-order valence-electron chi connectivity index (χ3n) is 4.17. The molecule has 1 saturated heterocycles. The van der Waals surface area contributed by atoms with E-state index in [1.807, 2.05) is 0 Å². The van der Waals surface area contributed by atoms with Crippen LogP contribution >= 0.6 is 0 Å². The molecule has 1 heterocycles. The summed E-state index contributed by atoms with van der Waals surface area (Å²) in [6.07, 6.45) is 7.53. The van der Waals surface area contributed by atoms with Crippen LogP contribution in [0.3, 0.4) is 0 Å². The minimum atomic E-state index is 0.275. The lowest BCUT2D eigenvalue weighted by atomic mass is 9.90. The quantitative estimate of drug-likeness (QED) is 0.794. The average Bonchev–Trinajstić information content (AvgIpc) is 3.19. The molecule has 3 aliphatic rings. The summed E-state index contributed by atoms with van der Waals surface area (Å²) in [6, 6.07) is 0.966. The van der Waals surface area contributed by atoms with Crippen molar-refractivity contribution in [3.05, 3.63) is 0 Å². The fraction of sp³-hybridized carbons (Fsp3) is 0.923. The predicted molar refractivity (Wildman–Crippen MR) is 64.7 cm³/mol. The van der Waals surface area contributed by atoms with Crippen molar-refractivity contribution in [2.24, 2.45) is 0 Å². The molecule has 2 unspecified atom stereocenters. The maximum atomic E-state index is 12.2. The van der Waals surface area contributed by atoms with E-state index >= 15 is 0 Å². The maximum absolute atomic E-state index is 12.2. The summed E-state index contributed by atoms with van der Waals surface area (Å²) in [4.78, 5) is 14.3. The molecule has 1 N–H and O–H groups in total. The van der Waals surface area contributed by atoms with Gasteiger partial charge in [0.15, 0.2) is 0 Å². The first-order chi connectivity index (χ1) is 8.34. The number of rotatable bonds is 3. The highest BCUT2D eigenvalue weighted by molar-refractivity contribution is 5.78. The molecule has 0 spiro atoms. The van der Waals surface area contributed by atoms with Gasteiger partial charge in [0, 0.05) is 12.6 Å². The Bertz CT molecular complexity index is 289. The molecule has 0 aromatic heterocycles. The third kappa shape index (κ3) is 2.63. The number of hydrogen-bond donors (Lipinski definition) is 1. The van der Waals surface area contributed by atoms with Gasteiger partial charge in [-0.3, -0.25) is 4.79 Å². The highest BCUT2D eigenvalue weighted by Crippen LogP contribution is 2.28. The van der Waals surface area contributed by atoms with Crippen molar-refractivity contribution < 1.29 is 9.53 Å². The number of amides is 1. The summed E-state index contributed by atoms with van der Waals surface area (Å²) in [5.74, 6) is 0.275. The van der Waals surface area contributed by atoms with E-state index in [0.29, 0.717) is 24.7 Å². The van der Waals surface area contributed by atoms with Crippen LogP contribution in [0, 0.1) is 0 Å². The lowest BCUT2D eigenvalue weighted by molar-refractivity contribution is -0.148. The van der Waals surface area contributed by atoms with Gasteiger partial charge in [0.05, 0.1) is 25.3 Å². The molecular formula is C13H22N2O2. The van der Waals surface area contributed by atoms with Crippen molar-refractivity contribution in [1.29, 1.82) is 0 Å². The van der Waals surface area contributed by atoms with Crippen LogP contribution in [0.25, 0.3) is 0 Å². The summed E-state index contributed by atoms with van der Waals surface area (Å²) in [6.45, 7) is 2.02. The molecule has 2 saturated carbocycles. The van der Waals surface area contributed by atoms with Crippen molar-refractivity contribution in [2.75, 3.05) is 19.7 Å². The largest absolute Gasteiger partial charge is 0.374 e. The lowest BCUT2D eigenvalue weighted by Crippen LogP contribution is -2.56. The Hall–Kier alpha value is -0.610. The summed E-state index contributed by atoms with van der Waals surface area (Å²) in [5.41, 5.74) is 0. The summed E-state index contributed by atoms with van der Waals surface area (Å²) >= 11 is 0. The van der Waals surface area contributed by atoms with Crippen LogP contribution in [-0.4, -0.2) is 48.7 Å². The van der Waals surface area contributed by atoms with Gasteiger partial charge in [-0.1, -0.05) is 12.8 Å². The lowest BCUT2D eigenvalue weighted by Gasteiger charge is -2.43. The summed E-state index contributed by atoms with van der Waals surface area (Å²) < 4.78 is 5.79. The van der Waals surface area contributed by atoms with E-state index in [2.05, 4.69) is 10.2 Å². The Kier molecular flexibility index (Phi) is 3.34. The van der Waals surface area contributed by atoms with Crippen LogP contribution in [0.1, 0.15) is 38.5 Å². The van der Waals surface area contributed by atoms with Crippen LogP contribution < -0.4 is 5.32 Å². The fourth-order valence-corrected chi connectivity index (χ4v) is 3.03. The van der Waals surface area contributed by atoms with Crippen molar-refractivity contribution >= 4 is 5.91 Å². The molecule has 4 heteroatoms. The van der Waals surface area contributed by atoms with E-state index in [0.717, 1.165) is 26.0 Å². The predicted octanol–water partition coefficient (Wildman–Crippen LogP) is 0.908. The average molecular weight is 238 g/mol. The Morgan fingerprint density at radius 2 is 2.06 bits per heavy atom. The van der Waals surface area contributed by atoms with E-state index < -0.39 is 0 Å². The zero-order chi connectivity index (χ0) is 11.7. The summed E-state index contributed by atoms with van der Waals surface area (Å²) in [7, 11) is 0. The molecule has 1 aliphatic heterocycles. The van der Waals surface area contributed by atoms with Gasteiger partial charge >= 0.3 is 0 Å². The molecular weight excluding hydrogens is 216 g/mol. The van der Waals surface area contributed by atoms with E-state index in [1.54, 1.807) is 0 Å². The molecule has 3 fully saturated rings. The maximum Gasteiger partial charge on any atom is 0.236 e. The van der Waals surface area contributed by atoms with E-state index in [4.69, 9.17) is 4.74 Å². The molecule has 1 amide bonds. The van der Waals surface area contributed by atoms with Crippen molar-refractivity contribution in [1.82, 2.24) is 10.2 Å². The Labute approximate surface area is 103 Å². The molecule has 17 heavy (non-hydrogen) atoms. The van der Waals surface area contributed by atoms with Crippen LogP contribution in [0.4, 0.5) is 0 Å². The molecule has 0 aromatic rings. The number of carbonyl (C=O) groups is 1. The van der Waals surface area contributed by atoms with E-state index in [1.165, 1.54) is 25.7 Å². The first kappa shape index (κ1) is 11.5. The monoisotopic (exact) mass is 238 g/mol. The van der Waals surface area contributed by atoms with E-state index in [9.17, 15) is 4.79 Å². The standard InChI is InChI=1S/C13H22N2O2/c16-13(9-14-10-5-6-10)15-7-8-17-12-4-2-1-3-11(12)15/h10-12,14H,1-9H2. The number of hydrogen-bond acceptors (Lipinski definition) is 3. The Morgan fingerprint density at radius 1 is 1.24 bits per heavy atom. The van der Waals surface area contributed by atoms with Crippen LogP contribution in [0.2, 0.25) is 0 Å². The van der Waals surface area contributed by atoms with E-state index in [-0.39, 0.29) is 5.91 Å². The van der Waals surface area contributed by atoms with Gasteiger partial charge in [0.1, 0.15) is 0 Å². The van der Waals surface area contributed by atoms with Crippen LogP contribution in [-0.2, 0) is 9.53 Å². The number of nitrogens with one attached hydrogen (secondary N) is 1. The molecule has 2 aliphatic carbocycles. The zero-order valence-corrected chi connectivity index (χ0v) is 10.4. The van der Waals surface area contributed by atoms with Crippen molar-refractivity contribution in [2.45, 2.75) is 56.7 Å². The normalized spacial score (nSPS) is 33.3. The van der Waals surface area contributed by atoms with Gasteiger partial charge in [-0.2, -0.15) is 0 Å². The van der Waals surface area contributed by atoms with Gasteiger partial charge in [-0.05, 0) is 25.7 Å². The fourth-order valence-electron chi connectivity index (χ4n) is 3.03. The number of ether oxygens (including phenoxy) is 1. The molecule has 2 atom stereocenters. The first-order valence-electron chi connectivity index (χ1n) is 6.99. The number of carbonyl (C=O) groups excluding carboxylic acids is 1. The number of morpholine rings is 1. The van der Waals surface area contributed by atoms with Crippen molar-refractivity contribution in [3.63, 3.8) is 0 Å². The van der Waals surface area contributed by atoms with Gasteiger partial charge < -0.3 is 15.0 Å². The van der Waals surface area contributed by atoms with Crippen LogP contribution in [0.5, 0.6) is 0 Å². The third-order valence-corrected chi connectivity index (χ3v) is 4.17. The SMILES string of the molecule is O=C(CNC1CC1)N1CCOC2CCCCC21. The molecule has 0 bridgehead atoms. The topological polar surface area (TPSA) is 41.6 Å². The molecule has 96 valence electrons. The number of fused-ring (bicyclic) bond motifs is 1. The van der Waals surface area contributed by atoms with Gasteiger partial charge in [0.2, 0.25) is 5.91 Å². The van der Waals surface area contributed by atoms with Gasteiger partial charge in [-0.25, -0.2) is 0 Å². The minimum Gasteiger partial charge on any atom is -0.374 e. The highest BCUT2D eigenvalue weighted by Gasteiger charge is 2.36. The van der Waals surface area contributed by atoms with Gasteiger partial charge in [-0.15, -0.1) is 0 Å². The first-order valence-corrected chi connectivity index (χ1v) is 6.99. The Balaban J connectivity index is 1.57. The minimum absolute atomic E-state index is 0.275. The highest BCUT2D eigenvalue weighted by atomic mass is 16.5.